The third-order valence-electron chi connectivity index (χ3n) is 12.0. The molecule has 4 N–H and O–H groups in total. The number of esters is 1. The van der Waals surface area contributed by atoms with Crippen molar-refractivity contribution in [2.75, 3.05) is 40.0 Å². The molecule has 0 aliphatic rings. The van der Waals surface area contributed by atoms with E-state index in [1.54, 1.807) is 14.0 Å². The standard InChI is InChI=1S/C37H62N4O4S2.C13H24O2.C2H6/c1-32(2,36(9,27-39)19-18-29(42)40-24-20-34(5,6)45-25-21-33(3,4)44-11)26-37(10,31(43)41-23-15-22-38)35(7,8)47-30(46)28-16-13-12-14-17-28;1-10(2)11(14)15-9-13(6,7)8-12(3,4)5;1-2/h12-14,16-17H,15,18-26,38H2,1-11H3,(H,40,42)(H,41,43);1,8-9H2,2-7H3;1-2H3. The third kappa shape index (κ3) is 23.6. The van der Waals surface area contributed by atoms with Crippen LogP contribution in [0.25, 0.3) is 0 Å². The highest BCUT2D eigenvalue weighted by atomic mass is 32.2. The summed E-state index contributed by atoms with van der Waals surface area (Å²) in [5.74, 6) is -0.497. The fraction of sp³-hybridized carbons (Fsp3) is 0.750. The van der Waals surface area contributed by atoms with Crippen LogP contribution in [0.15, 0.2) is 42.5 Å². The van der Waals surface area contributed by atoms with Crippen molar-refractivity contribution in [2.45, 2.75) is 186 Å². The second-order valence-corrected chi connectivity index (χ2v) is 24.0. The topological polar surface area (TPSA) is 153 Å². The summed E-state index contributed by atoms with van der Waals surface area (Å²) in [6.45, 7) is 42.6. The van der Waals surface area contributed by atoms with Gasteiger partial charge in [-0.2, -0.15) is 5.26 Å². The Morgan fingerprint density at radius 1 is 0.828 bits per heavy atom. The molecule has 10 nitrogen and oxygen atoms in total. The van der Waals surface area contributed by atoms with Crippen molar-refractivity contribution in [1.82, 2.24) is 10.6 Å². The van der Waals surface area contributed by atoms with Crippen LogP contribution in [0.3, 0.4) is 0 Å². The highest BCUT2D eigenvalue weighted by molar-refractivity contribution is 8.24. The summed E-state index contributed by atoms with van der Waals surface area (Å²) < 4.78 is 16.8. The van der Waals surface area contributed by atoms with Crippen molar-refractivity contribution < 1.29 is 28.6 Å². The van der Waals surface area contributed by atoms with Crippen molar-refractivity contribution in [3.63, 3.8) is 0 Å². The Morgan fingerprint density at radius 2 is 1.39 bits per heavy atom. The fourth-order valence-electron chi connectivity index (χ4n) is 7.24. The molecule has 0 spiro atoms. The first-order chi connectivity index (χ1) is 29.1. The van der Waals surface area contributed by atoms with Crippen LogP contribution in [-0.4, -0.2) is 77.9 Å². The minimum atomic E-state index is -0.918. The second kappa shape index (κ2) is 27.7. The van der Waals surface area contributed by atoms with E-state index in [9.17, 15) is 19.6 Å². The number of hydrogen-bond acceptors (Lipinski definition) is 10. The lowest BCUT2D eigenvalue weighted by Gasteiger charge is -2.50. The number of carbonyl (C=O) groups excluding carboxylic acids is 3. The molecule has 2 amide bonds. The van der Waals surface area contributed by atoms with Gasteiger partial charge in [0.2, 0.25) is 11.8 Å². The van der Waals surface area contributed by atoms with Crippen molar-refractivity contribution >= 4 is 46.0 Å². The summed E-state index contributed by atoms with van der Waals surface area (Å²) in [6.07, 6.45) is 4.07. The number of thioether (sulfide) groups is 1. The Morgan fingerprint density at radius 3 is 1.88 bits per heavy atom. The number of nitriles is 1. The number of ether oxygens (including phenoxy) is 3. The molecule has 1 aromatic rings. The summed E-state index contributed by atoms with van der Waals surface area (Å²) in [5, 5.41) is 16.7. The van der Waals surface area contributed by atoms with Gasteiger partial charge in [0.1, 0.15) is 0 Å². The summed E-state index contributed by atoms with van der Waals surface area (Å²) in [4.78, 5) is 38.2. The number of methoxy groups -OCH3 is 1. The Bertz CT molecular complexity index is 1640. The highest BCUT2D eigenvalue weighted by Gasteiger charge is 2.54. The second-order valence-electron chi connectivity index (χ2n) is 21.7. The molecule has 0 aromatic heterocycles. The molecule has 2 atom stereocenters. The highest BCUT2D eigenvalue weighted by Crippen LogP contribution is 2.55. The average Bonchev–Trinajstić information content (AvgIpc) is 3.18. The van der Waals surface area contributed by atoms with Crippen LogP contribution >= 0.6 is 24.0 Å². The molecule has 0 aliphatic heterocycles. The van der Waals surface area contributed by atoms with Crippen LogP contribution < -0.4 is 16.4 Å². The van der Waals surface area contributed by atoms with E-state index in [0.29, 0.717) is 68.3 Å². The predicted octanol–water partition coefficient (Wildman–Crippen LogP) is 11.8. The number of carbonyl (C=O) groups is 3. The molecule has 0 fully saturated rings. The van der Waals surface area contributed by atoms with E-state index in [1.807, 2.05) is 113 Å². The minimum Gasteiger partial charge on any atom is -0.462 e. The van der Waals surface area contributed by atoms with Crippen LogP contribution in [-0.2, 0) is 28.6 Å². The number of rotatable bonds is 25. The number of hydrogen-bond donors (Lipinski definition) is 3. The molecular weight excluding hydrogens is 841 g/mol. The summed E-state index contributed by atoms with van der Waals surface area (Å²) >= 11 is 7.35. The largest absolute Gasteiger partial charge is 0.462 e. The first-order valence-corrected chi connectivity index (χ1v) is 24.3. The summed E-state index contributed by atoms with van der Waals surface area (Å²) in [7, 11) is 1.70. The number of nitrogens with zero attached hydrogens (tertiary/aromatic N) is 1. The number of benzene rings is 1. The lowest BCUT2D eigenvalue weighted by atomic mass is 9.56. The van der Waals surface area contributed by atoms with Crippen LogP contribution in [0.1, 0.15) is 175 Å². The lowest BCUT2D eigenvalue weighted by Crippen LogP contribution is -2.55. The Balaban J connectivity index is 0. The van der Waals surface area contributed by atoms with Crippen molar-refractivity contribution in [1.29, 1.82) is 5.26 Å². The molecule has 0 saturated carbocycles. The van der Waals surface area contributed by atoms with E-state index in [1.165, 1.54) is 11.8 Å². The average molecular weight is 933 g/mol. The molecule has 64 heavy (non-hydrogen) atoms. The number of thiocarbonyl (C=S) groups is 1. The van der Waals surface area contributed by atoms with Gasteiger partial charge in [-0.3, -0.25) is 9.59 Å². The van der Waals surface area contributed by atoms with Gasteiger partial charge in [0.25, 0.3) is 0 Å². The molecule has 0 heterocycles. The third-order valence-corrected chi connectivity index (χ3v) is 13.9. The van der Waals surface area contributed by atoms with Gasteiger partial charge in [-0.05, 0) is 129 Å². The van der Waals surface area contributed by atoms with Gasteiger partial charge in [-0.1, -0.05) is 111 Å². The smallest absolute Gasteiger partial charge is 0.333 e. The molecule has 0 saturated heterocycles. The SMILES string of the molecule is C=C(C)C(=O)OCC(C)(C)CC(C)(C)C.CC.COC(C)(C)CCOC(C)(C)CCNC(=O)CCC(C)(C#N)C(C)(C)CC(C)(C(=O)NCCCN)C(C)(C)SC(=S)c1ccccc1. The van der Waals surface area contributed by atoms with Gasteiger partial charge >= 0.3 is 5.97 Å². The van der Waals surface area contributed by atoms with Gasteiger partial charge in [0, 0.05) is 36.9 Å². The molecule has 2 unspecified atom stereocenters. The normalized spacial score (nSPS) is 14.2. The van der Waals surface area contributed by atoms with E-state index in [-0.39, 0.29) is 40.6 Å². The maximum absolute atomic E-state index is 14.0. The maximum Gasteiger partial charge on any atom is 0.333 e. The van der Waals surface area contributed by atoms with E-state index < -0.39 is 26.6 Å². The zero-order chi connectivity index (χ0) is 50.4. The molecule has 1 rings (SSSR count). The number of amides is 2. The Kier molecular flexibility index (Phi) is 27.4. The molecule has 0 bridgehead atoms. The van der Waals surface area contributed by atoms with E-state index >= 15 is 0 Å². The van der Waals surface area contributed by atoms with Crippen LogP contribution in [0.4, 0.5) is 0 Å². The van der Waals surface area contributed by atoms with Crippen LogP contribution in [0.5, 0.6) is 0 Å². The molecule has 12 heteroatoms. The maximum atomic E-state index is 14.0. The van der Waals surface area contributed by atoms with E-state index in [0.717, 1.165) is 18.4 Å². The van der Waals surface area contributed by atoms with Crippen molar-refractivity contribution in [2.24, 2.45) is 32.8 Å². The molecular formula is C52H92N4O6S2. The molecule has 368 valence electrons. The van der Waals surface area contributed by atoms with Crippen molar-refractivity contribution in [3.8, 4) is 6.07 Å². The van der Waals surface area contributed by atoms with E-state index in [4.69, 9.17) is 32.2 Å². The zero-order valence-electron chi connectivity index (χ0n) is 43.9. The number of nitrogens with two attached hydrogens (primary N) is 1. The van der Waals surface area contributed by atoms with Crippen LogP contribution in [0, 0.1) is 38.4 Å². The first kappa shape index (κ1) is 63.3. The first-order valence-electron chi connectivity index (χ1n) is 23.1. The van der Waals surface area contributed by atoms with Gasteiger partial charge in [-0.15, -0.1) is 11.8 Å². The Hall–Kier alpha value is -2.82. The predicted molar refractivity (Wildman–Crippen MR) is 274 cm³/mol. The Labute approximate surface area is 401 Å². The zero-order valence-corrected chi connectivity index (χ0v) is 45.5. The monoisotopic (exact) mass is 933 g/mol. The van der Waals surface area contributed by atoms with Gasteiger partial charge in [-0.25, -0.2) is 4.79 Å². The van der Waals surface area contributed by atoms with Gasteiger partial charge in [0.05, 0.1) is 45.5 Å². The molecule has 0 radical (unpaired) electrons. The fourth-order valence-corrected chi connectivity index (χ4v) is 9.11. The molecule has 1 aromatic carbocycles. The van der Waals surface area contributed by atoms with Gasteiger partial charge in [0.15, 0.2) is 0 Å². The van der Waals surface area contributed by atoms with Crippen LogP contribution in [0.2, 0.25) is 0 Å². The molecule has 0 aliphatic carbocycles. The quantitative estimate of drug-likeness (QED) is 0.0374. The lowest BCUT2D eigenvalue weighted by molar-refractivity contribution is -0.142. The summed E-state index contributed by atoms with van der Waals surface area (Å²) in [5.41, 5.74) is 4.28. The van der Waals surface area contributed by atoms with Gasteiger partial charge < -0.3 is 30.6 Å². The van der Waals surface area contributed by atoms with E-state index in [2.05, 4.69) is 57.9 Å². The summed E-state index contributed by atoms with van der Waals surface area (Å²) in [6, 6.07) is 12.3. The minimum absolute atomic E-state index is 0.0172. The number of nitrogens with one attached hydrogen (secondary N) is 2. The van der Waals surface area contributed by atoms with Crippen molar-refractivity contribution in [3.05, 3.63) is 48.0 Å².